The van der Waals surface area contributed by atoms with Gasteiger partial charge in [-0.1, -0.05) is 26.0 Å². The van der Waals surface area contributed by atoms with E-state index in [9.17, 15) is 0 Å². The Morgan fingerprint density at radius 2 is 1.81 bits per heavy atom. The van der Waals surface area contributed by atoms with E-state index in [1.807, 2.05) is 18.7 Å². The van der Waals surface area contributed by atoms with Crippen LogP contribution in [0.5, 0.6) is 5.75 Å². The second kappa shape index (κ2) is 11.7. The van der Waals surface area contributed by atoms with Crippen molar-refractivity contribution in [3.8, 4) is 5.75 Å². The molecular formula is C19H26N2O5. The molecule has 0 saturated carbocycles. The molecule has 142 valence electrons. The highest BCUT2D eigenvalue weighted by atomic mass is 16.5. The van der Waals surface area contributed by atoms with Crippen LogP contribution < -0.4 is 4.74 Å². The Morgan fingerprint density at radius 1 is 1.15 bits per heavy atom. The Balaban J connectivity index is 0.000000487. The van der Waals surface area contributed by atoms with E-state index in [2.05, 4.69) is 47.7 Å². The lowest BCUT2D eigenvalue weighted by Crippen LogP contribution is -2.09. The van der Waals surface area contributed by atoms with E-state index in [1.54, 1.807) is 0 Å². The Bertz CT molecular complexity index is 641. The van der Waals surface area contributed by atoms with Crippen LogP contribution in [0.15, 0.2) is 43.0 Å². The zero-order valence-corrected chi connectivity index (χ0v) is 15.2. The van der Waals surface area contributed by atoms with Crippen molar-refractivity contribution in [2.75, 3.05) is 6.61 Å². The highest BCUT2D eigenvalue weighted by Gasteiger charge is 2.04. The summed E-state index contributed by atoms with van der Waals surface area (Å²) in [5.74, 6) is -2.05. The van der Waals surface area contributed by atoms with Crippen LogP contribution in [0.1, 0.15) is 44.6 Å². The molecule has 0 fully saturated rings. The standard InChI is InChI=1S/C17H24N2O.C2H2O4/c1-3-15(2)16-6-8-17(9-7-16)20-13-5-4-11-19-12-10-18-14-19;3-1(4)2(5)6/h6-10,12,14-15H,3-5,11,13H2,1-2H3;(H,3,4)(H,5,6). The van der Waals surface area contributed by atoms with E-state index >= 15 is 0 Å². The largest absolute Gasteiger partial charge is 0.494 e. The maximum absolute atomic E-state index is 9.10. The first-order valence-corrected chi connectivity index (χ1v) is 8.58. The Hall–Kier alpha value is -2.83. The molecule has 1 atom stereocenters. The first kappa shape index (κ1) is 21.2. The molecule has 2 N–H and O–H groups in total. The van der Waals surface area contributed by atoms with Gasteiger partial charge in [-0.3, -0.25) is 0 Å². The summed E-state index contributed by atoms with van der Waals surface area (Å²) in [5, 5.41) is 14.8. The van der Waals surface area contributed by atoms with Crippen molar-refractivity contribution >= 4 is 11.9 Å². The number of carbonyl (C=O) groups is 2. The average molecular weight is 362 g/mol. The highest BCUT2D eigenvalue weighted by molar-refractivity contribution is 6.27. The van der Waals surface area contributed by atoms with Crippen LogP contribution in [-0.2, 0) is 16.1 Å². The normalized spacial score (nSPS) is 11.2. The molecule has 1 unspecified atom stereocenters. The number of nitrogens with zero attached hydrogens (tertiary/aromatic N) is 2. The molecule has 1 aromatic heterocycles. The molecule has 7 nitrogen and oxygen atoms in total. The fraction of sp³-hybridized carbons (Fsp3) is 0.421. The van der Waals surface area contributed by atoms with Gasteiger partial charge in [0.1, 0.15) is 5.75 Å². The average Bonchev–Trinajstić information content (AvgIpc) is 3.15. The maximum atomic E-state index is 9.10. The number of hydrogen-bond donors (Lipinski definition) is 2. The van der Waals surface area contributed by atoms with Crippen molar-refractivity contribution < 1.29 is 24.5 Å². The van der Waals surface area contributed by atoms with Gasteiger partial charge in [-0.2, -0.15) is 0 Å². The number of ether oxygens (including phenoxy) is 1. The number of aryl methyl sites for hydroxylation is 1. The molecule has 0 spiro atoms. The van der Waals surface area contributed by atoms with Crippen LogP contribution in [0, 0.1) is 0 Å². The molecule has 7 heteroatoms. The van der Waals surface area contributed by atoms with Crippen molar-refractivity contribution in [3.05, 3.63) is 48.5 Å². The van der Waals surface area contributed by atoms with Gasteiger partial charge in [-0.25, -0.2) is 14.6 Å². The van der Waals surface area contributed by atoms with E-state index in [4.69, 9.17) is 24.5 Å². The second-order valence-electron chi connectivity index (χ2n) is 5.84. The summed E-state index contributed by atoms with van der Waals surface area (Å²) in [6, 6.07) is 8.51. The lowest BCUT2D eigenvalue weighted by Gasteiger charge is -2.10. The monoisotopic (exact) mass is 362 g/mol. The molecule has 0 aliphatic carbocycles. The summed E-state index contributed by atoms with van der Waals surface area (Å²) >= 11 is 0. The number of carboxylic acids is 2. The fourth-order valence-electron chi connectivity index (χ4n) is 2.13. The number of aliphatic carboxylic acids is 2. The number of unbranched alkanes of at least 4 members (excludes halogenated alkanes) is 1. The van der Waals surface area contributed by atoms with Gasteiger partial charge >= 0.3 is 11.9 Å². The molecule has 1 aromatic carbocycles. The Morgan fingerprint density at radius 3 is 2.31 bits per heavy atom. The third-order valence-corrected chi connectivity index (χ3v) is 3.88. The Kier molecular flexibility index (Phi) is 9.53. The van der Waals surface area contributed by atoms with E-state index < -0.39 is 11.9 Å². The summed E-state index contributed by atoms with van der Waals surface area (Å²) in [6.07, 6.45) is 9.01. The minimum Gasteiger partial charge on any atom is -0.494 e. The van der Waals surface area contributed by atoms with Crippen molar-refractivity contribution in [2.24, 2.45) is 0 Å². The molecule has 2 aromatic rings. The van der Waals surface area contributed by atoms with Crippen LogP contribution in [-0.4, -0.2) is 38.3 Å². The summed E-state index contributed by atoms with van der Waals surface area (Å²) in [7, 11) is 0. The van der Waals surface area contributed by atoms with Crippen LogP contribution in [0.4, 0.5) is 0 Å². The predicted molar refractivity (Wildman–Crippen MR) is 97.4 cm³/mol. The van der Waals surface area contributed by atoms with Gasteiger partial charge in [0.05, 0.1) is 12.9 Å². The van der Waals surface area contributed by atoms with E-state index in [1.165, 1.54) is 12.0 Å². The van der Waals surface area contributed by atoms with Crippen LogP contribution >= 0.6 is 0 Å². The van der Waals surface area contributed by atoms with Gasteiger partial charge in [-0.15, -0.1) is 0 Å². The van der Waals surface area contributed by atoms with Gasteiger partial charge in [-0.05, 0) is 42.9 Å². The zero-order valence-electron chi connectivity index (χ0n) is 15.2. The number of rotatable bonds is 8. The van der Waals surface area contributed by atoms with E-state index in [0.717, 1.165) is 31.7 Å². The van der Waals surface area contributed by atoms with Crippen LogP contribution in [0.25, 0.3) is 0 Å². The minimum atomic E-state index is -1.82. The van der Waals surface area contributed by atoms with E-state index in [-0.39, 0.29) is 0 Å². The summed E-state index contributed by atoms with van der Waals surface area (Å²) in [5.41, 5.74) is 1.39. The zero-order chi connectivity index (χ0) is 19.4. The first-order valence-electron chi connectivity index (χ1n) is 8.58. The number of carboxylic acid groups (broad SMARTS) is 2. The summed E-state index contributed by atoms with van der Waals surface area (Å²) < 4.78 is 7.87. The number of benzene rings is 1. The topological polar surface area (TPSA) is 102 Å². The highest BCUT2D eigenvalue weighted by Crippen LogP contribution is 2.21. The molecule has 0 radical (unpaired) electrons. The number of aromatic nitrogens is 2. The minimum absolute atomic E-state index is 0.624. The lowest BCUT2D eigenvalue weighted by atomic mass is 9.99. The molecule has 0 saturated heterocycles. The molecule has 26 heavy (non-hydrogen) atoms. The summed E-state index contributed by atoms with van der Waals surface area (Å²) in [4.78, 5) is 22.2. The van der Waals surface area contributed by atoms with Crippen molar-refractivity contribution in [1.29, 1.82) is 0 Å². The number of hydrogen-bond acceptors (Lipinski definition) is 4. The number of imidazole rings is 1. The molecular weight excluding hydrogens is 336 g/mol. The SMILES string of the molecule is CCC(C)c1ccc(OCCCCn2ccnc2)cc1.O=C(O)C(=O)O. The van der Waals surface area contributed by atoms with Crippen molar-refractivity contribution in [3.63, 3.8) is 0 Å². The molecule has 0 bridgehead atoms. The third kappa shape index (κ3) is 8.32. The first-order chi connectivity index (χ1) is 12.4. The van der Waals surface area contributed by atoms with Gasteiger partial charge in [0.15, 0.2) is 0 Å². The molecule has 1 heterocycles. The Labute approximate surface area is 153 Å². The molecule has 0 amide bonds. The molecule has 2 rings (SSSR count). The summed E-state index contributed by atoms with van der Waals surface area (Å²) in [6.45, 7) is 6.26. The van der Waals surface area contributed by atoms with E-state index in [0.29, 0.717) is 5.92 Å². The molecule has 0 aliphatic heterocycles. The van der Waals surface area contributed by atoms with Crippen molar-refractivity contribution in [1.82, 2.24) is 9.55 Å². The second-order valence-corrected chi connectivity index (χ2v) is 5.84. The van der Waals surface area contributed by atoms with Gasteiger partial charge < -0.3 is 19.5 Å². The van der Waals surface area contributed by atoms with Gasteiger partial charge in [0, 0.05) is 18.9 Å². The third-order valence-electron chi connectivity index (χ3n) is 3.88. The predicted octanol–water partition coefficient (Wildman–Crippen LogP) is 3.41. The smallest absolute Gasteiger partial charge is 0.414 e. The van der Waals surface area contributed by atoms with Crippen molar-refractivity contribution in [2.45, 2.75) is 45.6 Å². The fourth-order valence-corrected chi connectivity index (χ4v) is 2.13. The quantitative estimate of drug-likeness (QED) is 0.551. The van der Waals surface area contributed by atoms with Gasteiger partial charge in [0.2, 0.25) is 0 Å². The van der Waals surface area contributed by atoms with Gasteiger partial charge in [0.25, 0.3) is 0 Å². The molecule has 0 aliphatic rings. The van der Waals surface area contributed by atoms with Crippen LogP contribution in [0.3, 0.4) is 0 Å². The maximum Gasteiger partial charge on any atom is 0.414 e. The van der Waals surface area contributed by atoms with Crippen LogP contribution in [0.2, 0.25) is 0 Å². The lowest BCUT2D eigenvalue weighted by molar-refractivity contribution is -0.159.